The van der Waals surface area contributed by atoms with Crippen molar-refractivity contribution in [2.75, 3.05) is 18.3 Å². The standard InChI is InChI=1S/C20H32ClN5O5SSi/c1-11(2)31-25-14(12-10-32-18(22-12)23-13(27)9-21)15(28)24-20(30-6)16(29)26(19(3,4)5)17(20)33(7)8/h10-11,17,33H,9H2,1-8H3,(H,24,28)(H,22,23,27). The third-order valence-corrected chi connectivity index (χ3v) is 7.92. The number of oxime groups is 1. The molecular formula is C20H32ClN5O5SSi. The van der Waals surface area contributed by atoms with Crippen LogP contribution in [0.5, 0.6) is 0 Å². The molecule has 1 aromatic rings. The highest BCUT2D eigenvalue weighted by molar-refractivity contribution is 7.14. The number of carbonyl (C=O) groups is 3. The lowest BCUT2D eigenvalue weighted by Gasteiger charge is -2.60. The largest absolute Gasteiger partial charge is 0.392 e. The molecule has 0 spiro atoms. The summed E-state index contributed by atoms with van der Waals surface area (Å²) in [6, 6.07) is 0. The second kappa shape index (κ2) is 10.5. The number of β-lactam (4-membered cyclic amide) rings is 1. The first-order valence-corrected chi connectivity index (χ1v) is 14.9. The van der Waals surface area contributed by atoms with Crippen LogP contribution in [0.3, 0.4) is 0 Å². The highest BCUT2D eigenvalue weighted by Crippen LogP contribution is 2.39. The molecule has 0 aromatic carbocycles. The van der Waals surface area contributed by atoms with E-state index in [4.69, 9.17) is 21.2 Å². The van der Waals surface area contributed by atoms with Gasteiger partial charge < -0.3 is 25.1 Å². The van der Waals surface area contributed by atoms with Crippen LogP contribution in [-0.4, -0.2) is 78.1 Å². The number of methoxy groups -OCH3 is 1. The van der Waals surface area contributed by atoms with Gasteiger partial charge in [0, 0.05) is 18.0 Å². The van der Waals surface area contributed by atoms with Gasteiger partial charge in [0.25, 0.3) is 11.8 Å². The van der Waals surface area contributed by atoms with Crippen LogP contribution in [0.25, 0.3) is 0 Å². The summed E-state index contributed by atoms with van der Waals surface area (Å²) in [6.45, 7) is 13.6. The highest BCUT2D eigenvalue weighted by atomic mass is 35.5. The van der Waals surface area contributed by atoms with E-state index in [9.17, 15) is 14.4 Å². The molecular weight excluding hydrogens is 486 g/mol. The number of nitrogens with one attached hydrogen (secondary N) is 2. The predicted molar refractivity (Wildman–Crippen MR) is 131 cm³/mol. The monoisotopic (exact) mass is 517 g/mol. The molecule has 184 valence electrons. The molecule has 2 heterocycles. The molecule has 1 saturated heterocycles. The predicted octanol–water partition coefficient (Wildman–Crippen LogP) is 1.94. The number of thiazole rings is 1. The number of halogens is 1. The summed E-state index contributed by atoms with van der Waals surface area (Å²) in [6.07, 6.45) is -0.296. The molecule has 2 rings (SSSR count). The minimum absolute atomic E-state index is 0.131. The number of ether oxygens (including phenoxy) is 1. The highest BCUT2D eigenvalue weighted by Gasteiger charge is 2.66. The number of aromatic nitrogens is 1. The SMILES string of the molecule is COC1(NC(=O)C(=NOC(C)C)c2csc(NC(=O)CCl)n2)C(=O)N(C(C)(C)C)C1[SiH](C)C. The van der Waals surface area contributed by atoms with Gasteiger partial charge in [-0.25, -0.2) is 4.98 Å². The van der Waals surface area contributed by atoms with Gasteiger partial charge in [-0.15, -0.1) is 22.9 Å². The summed E-state index contributed by atoms with van der Waals surface area (Å²) in [5.41, 5.74) is -2.12. The van der Waals surface area contributed by atoms with Crippen LogP contribution in [0.2, 0.25) is 13.1 Å². The lowest BCUT2D eigenvalue weighted by Crippen LogP contribution is -2.86. The Morgan fingerprint density at radius 3 is 2.52 bits per heavy atom. The van der Waals surface area contributed by atoms with E-state index in [1.165, 1.54) is 7.11 Å². The van der Waals surface area contributed by atoms with Crippen LogP contribution < -0.4 is 10.6 Å². The fraction of sp³-hybridized carbons (Fsp3) is 0.650. The first-order chi connectivity index (χ1) is 15.3. The molecule has 0 bridgehead atoms. The molecule has 0 saturated carbocycles. The van der Waals surface area contributed by atoms with E-state index in [-0.39, 0.29) is 40.1 Å². The molecule has 1 fully saturated rings. The molecule has 2 N–H and O–H groups in total. The van der Waals surface area contributed by atoms with Gasteiger partial charge in [-0.05, 0) is 34.6 Å². The summed E-state index contributed by atoms with van der Waals surface area (Å²) >= 11 is 6.63. The average molecular weight is 518 g/mol. The molecule has 2 atom stereocenters. The summed E-state index contributed by atoms with van der Waals surface area (Å²) in [7, 11) is -0.0998. The molecule has 1 aliphatic heterocycles. The quantitative estimate of drug-likeness (QED) is 0.129. The molecule has 2 unspecified atom stereocenters. The number of nitrogens with zero attached hydrogens (tertiary/aromatic N) is 3. The molecule has 3 amide bonds. The van der Waals surface area contributed by atoms with Gasteiger partial charge in [0.2, 0.25) is 11.6 Å². The second-order valence-corrected chi connectivity index (χ2v) is 13.5. The van der Waals surface area contributed by atoms with Crippen LogP contribution in [0.15, 0.2) is 10.5 Å². The van der Waals surface area contributed by atoms with Gasteiger partial charge >= 0.3 is 0 Å². The Kier molecular flexibility index (Phi) is 8.66. The van der Waals surface area contributed by atoms with Crippen molar-refractivity contribution in [1.29, 1.82) is 0 Å². The van der Waals surface area contributed by atoms with Gasteiger partial charge in [-0.1, -0.05) is 18.2 Å². The Bertz CT molecular complexity index is 932. The molecule has 33 heavy (non-hydrogen) atoms. The summed E-state index contributed by atoms with van der Waals surface area (Å²) in [4.78, 5) is 49.6. The van der Waals surface area contributed by atoms with Crippen molar-refractivity contribution in [3.05, 3.63) is 11.1 Å². The lowest BCUT2D eigenvalue weighted by molar-refractivity contribution is -0.207. The smallest absolute Gasteiger partial charge is 0.278 e. The van der Waals surface area contributed by atoms with Crippen molar-refractivity contribution in [2.24, 2.45) is 5.16 Å². The fourth-order valence-electron chi connectivity index (χ4n) is 3.61. The van der Waals surface area contributed by atoms with Crippen LogP contribution >= 0.6 is 22.9 Å². The Morgan fingerprint density at radius 2 is 2.03 bits per heavy atom. The third-order valence-electron chi connectivity index (χ3n) is 4.89. The van der Waals surface area contributed by atoms with Crippen molar-refractivity contribution in [3.63, 3.8) is 0 Å². The number of alkyl halides is 1. The zero-order valence-corrected chi connectivity index (χ0v) is 22.9. The molecule has 0 aliphatic carbocycles. The number of likely N-dealkylation sites (tertiary alicyclic amines) is 1. The van der Waals surface area contributed by atoms with Crippen LogP contribution in [0.1, 0.15) is 40.3 Å². The third kappa shape index (κ3) is 5.73. The summed E-state index contributed by atoms with van der Waals surface area (Å²) in [5.74, 6) is -1.63. The van der Waals surface area contributed by atoms with Crippen molar-refractivity contribution in [2.45, 2.75) is 70.7 Å². The topological polar surface area (TPSA) is 122 Å². The normalized spacial score (nSPS) is 21.3. The Morgan fingerprint density at radius 1 is 1.39 bits per heavy atom. The maximum Gasteiger partial charge on any atom is 0.278 e. The van der Waals surface area contributed by atoms with E-state index in [0.29, 0.717) is 0 Å². The van der Waals surface area contributed by atoms with Gasteiger partial charge in [0.05, 0.1) is 14.5 Å². The van der Waals surface area contributed by atoms with Crippen LogP contribution in [0.4, 0.5) is 5.13 Å². The average Bonchev–Trinajstić information content (AvgIpc) is 3.16. The molecule has 1 aliphatic rings. The number of hydrogen-bond donors (Lipinski definition) is 2. The number of carbonyl (C=O) groups excluding carboxylic acids is 3. The lowest BCUT2D eigenvalue weighted by atomic mass is 9.92. The van der Waals surface area contributed by atoms with Gasteiger partial charge in [0.1, 0.15) is 17.7 Å². The van der Waals surface area contributed by atoms with Gasteiger partial charge in [-0.2, -0.15) is 0 Å². The van der Waals surface area contributed by atoms with E-state index >= 15 is 0 Å². The zero-order chi connectivity index (χ0) is 25.1. The first kappa shape index (κ1) is 27.2. The van der Waals surface area contributed by atoms with Crippen molar-refractivity contribution in [1.82, 2.24) is 15.2 Å². The van der Waals surface area contributed by atoms with E-state index in [1.807, 2.05) is 20.8 Å². The first-order valence-electron chi connectivity index (χ1n) is 10.5. The number of anilines is 1. The van der Waals surface area contributed by atoms with Crippen LogP contribution in [-0.2, 0) is 24.0 Å². The Labute approximate surface area is 204 Å². The number of hydrogen-bond acceptors (Lipinski definition) is 8. The van der Waals surface area contributed by atoms with E-state index in [1.54, 1.807) is 24.1 Å². The van der Waals surface area contributed by atoms with E-state index in [2.05, 4.69) is 33.9 Å². The van der Waals surface area contributed by atoms with Crippen molar-refractivity contribution < 1.29 is 24.0 Å². The minimum Gasteiger partial charge on any atom is -0.392 e. The Hall–Kier alpha value is -2.02. The van der Waals surface area contributed by atoms with Crippen LogP contribution in [0, 0.1) is 0 Å². The van der Waals surface area contributed by atoms with E-state index in [0.717, 1.165) is 11.3 Å². The summed E-state index contributed by atoms with van der Waals surface area (Å²) in [5, 5.41) is 11.1. The van der Waals surface area contributed by atoms with E-state index < -0.39 is 31.9 Å². The van der Waals surface area contributed by atoms with Gasteiger partial charge in [-0.3, -0.25) is 14.4 Å². The molecule has 0 radical (unpaired) electrons. The fourth-order valence-corrected chi connectivity index (χ4v) is 6.86. The second-order valence-electron chi connectivity index (χ2n) is 9.24. The Balaban J connectivity index is 2.40. The molecule has 10 nitrogen and oxygen atoms in total. The minimum atomic E-state index is -1.51. The number of rotatable bonds is 9. The number of amides is 3. The molecule has 1 aromatic heterocycles. The maximum absolute atomic E-state index is 13.4. The van der Waals surface area contributed by atoms with Gasteiger partial charge in [0.15, 0.2) is 10.8 Å². The zero-order valence-electron chi connectivity index (χ0n) is 20.2. The maximum atomic E-state index is 13.4. The molecule has 13 heteroatoms. The summed E-state index contributed by atoms with van der Waals surface area (Å²) < 4.78 is 5.67. The van der Waals surface area contributed by atoms with Crippen molar-refractivity contribution >= 4 is 60.3 Å². The van der Waals surface area contributed by atoms with Crippen molar-refractivity contribution in [3.8, 4) is 0 Å².